The van der Waals surface area contributed by atoms with Crippen LogP contribution in [0.4, 0.5) is 14.5 Å². The maximum Gasteiger partial charge on any atom is 0.264 e. The Morgan fingerprint density at radius 1 is 1.23 bits per heavy atom. The number of benzene rings is 1. The van der Waals surface area contributed by atoms with E-state index in [2.05, 4.69) is 22.2 Å². The summed E-state index contributed by atoms with van der Waals surface area (Å²) in [4.78, 5) is 16.3. The minimum absolute atomic E-state index is 0.0184. The number of rotatable bonds is 3. The van der Waals surface area contributed by atoms with Crippen LogP contribution < -0.4 is 4.90 Å². The van der Waals surface area contributed by atoms with Gasteiger partial charge in [-0.2, -0.15) is 5.10 Å². The summed E-state index contributed by atoms with van der Waals surface area (Å²) >= 11 is 0. The third kappa shape index (κ3) is 3.18. The number of aromatic nitrogens is 2. The Morgan fingerprint density at radius 2 is 2.03 bits per heavy atom. The number of fused-ring (bicyclic) bond motifs is 2. The third-order valence-corrected chi connectivity index (χ3v) is 6.90. The van der Waals surface area contributed by atoms with Crippen molar-refractivity contribution >= 4 is 11.6 Å². The van der Waals surface area contributed by atoms with Gasteiger partial charge in [-0.3, -0.25) is 9.48 Å². The lowest BCUT2D eigenvalue weighted by atomic mass is 9.87. The molecule has 1 aromatic heterocycles. The van der Waals surface area contributed by atoms with Crippen LogP contribution in [0.15, 0.2) is 48.1 Å². The summed E-state index contributed by atoms with van der Waals surface area (Å²) in [7, 11) is 3.61. The highest BCUT2D eigenvalue weighted by molar-refractivity contribution is 5.85. The van der Waals surface area contributed by atoms with Gasteiger partial charge in [0.15, 0.2) is 0 Å². The normalized spacial score (nSPS) is 23.1. The molecule has 1 aromatic carbocycles. The fourth-order valence-corrected chi connectivity index (χ4v) is 5.19. The highest BCUT2D eigenvalue weighted by atomic mass is 19.3. The smallest absolute Gasteiger partial charge is 0.264 e. The van der Waals surface area contributed by atoms with Gasteiger partial charge in [0.05, 0.1) is 6.20 Å². The Hall–Kier alpha value is -2.96. The van der Waals surface area contributed by atoms with Gasteiger partial charge < -0.3 is 9.80 Å². The Bertz CT molecular complexity index is 1120. The monoisotopic (exact) mass is 424 g/mol. The van der Waals surface area contributed by atoms with Crippen LogP contribution in [0.2, 0.25) is 0 Å². The van der Waals surface area contributed by atoms with Gasteiger partial charge in [-0.1, -0.05) is 13.0 Å². The summed E-state index contributed by atoms with van der Waals surface area (Å²) in [5, 5.41) is 4.16. The lowest BCUT2D eigenvalue weighted by molar-refractivity contribution is -0.129. The number of aryl methyl sites for hydroxylation is 2. The molecule has 162 valence electrons. The van der Waals surface area contributed by atoms with Crippen molar-refractivity contribution in [3.05, 3.63) is 59.2 Å². The molecule has 0 N–H and O–H groups in total. The molecule has 31 heavy (non-hydrogen) atoms. The number of likely N-dealkylation sites (tertiary alicyclic amines) is 1. The van der Waals surface area contributed by atoms with Gasteiger partial charge >= 0.3 is 0 Å². The Labute approximate surface area is 180 Å². The van der Waals surface area contributed by atoms with E-state index in [0.29, 0.717) is 11.1 Å². The summed E-state index contributed by atoms with van der Waals surface area (Å²) < 4.78 is 29.7. The minimum Gasteiger partial charge on any atom is -0.341 e. The first-order chi connectivity index (χ1) is 14.8. The molecule has 7 heteroatoms. The number of hydrogen-bond donors (Lipinski definition) is 0. The standard InChI is InChI=1S/C24H26F2N4O/c1-14-18-7-6-17(10-22(18)29(3)24(14)31)30-8-4-5-15-9-19(16-12-27-28(2)13-16)20(23(25)26)11-21(15)30/h6,9-14,18,23H,4-5,7-8H2,1-3H3/t14-,18?/m1/s1. The number of nitrogens with zero attached hydrogens (tertiary/aromatic N) is 4. The van der Waals surface area contributed by atoms with Gasteiger partial charge in [0.1, 0.15) is 0 Å². The number of allylic oxidation sites excluding steroid dienone is 3. The van der Waals surface area contributed by atoms with E-state index in [0.717, 1.165) is 48.5 Å². The molecule has 2 aliphatic heterocycles. The zero-order valence-electron chi connectivity index (χ0n) is 18.0. The van der Waals surface area contributed by atoms with Gasteiger partial charge in [0, 0.05) is 66.9 Å². The molecule has 0 saturated carbocycles. The highest BCUT2D eigenvalue weighted by Gasteiger charge is 2.41. The third-order valence-electron chi connectivity index (χ3n) is 6.90. The lowest BCUT2D eigenvalue weighted by Crippen LogP contribution is -2.30. The van der Waals surface area contributed by atoms with Gasteiger partial charge in [-0.25, -0.2) is 8.78 Å². The molecule has 0 bridgehead atoms. The van der Waals surface area contributed by atoms with Gasteiger partial charge in [0.2, 0.25) is 5.91 Å². The van der Waals surface area contributed by atoms with E-state index in [1.807, 2.05) is 20.0 Å². The van der Waals surface area contributed by atoms with Crippen LogP contribution in [0.1, 0.15) is 37.3 Å². The number of carbonyl (C=O) groups is 1. The summed E-state index contributed by atoms with van der Waals surface area (Å²) in [5.74, 6) is 0.330. The number of carbonyl (C=O) groups excluding carboxylic acids is 1. The van der Waals surface area contributed by atoms with Gasteiger partial charge in [-0.05, 0) is 48.6 Å². The van der Waals surface area contributed by atoms with Crippen molar-refractivity contribution in [2.75, 3.05) is 18.5 Å². The van der Waals surface area contributed by atoms with Crippen molar-refractivity contribution < 1.29 is 13.6 Å². The van der Waals surface area contributed by atoms with Gasteiger partial charge in [0.25, 0.3) is 6.43 Å². The molecule has 1 fully saturated rings. The summed E-state index contributed by atoms with van der Waals surface area (Å²) in [5.41, 5.74) is 5.23. The number of hydrogen-bond acceptors (Lipinski definition) is 3. The van der Waals surface area contributed by atoms with Crippen LogP contribution in [0.3, 0.4) is 0 Å². The zero-order chi connectivity index (χ0) is 21.9. The van der Waals surface area contributed by atoms with E-state index in [-0.39, 0.29) is 23.3 Å². The summed E-state index contributed by atoms with van der Waals surface area (Å²) in [6.45, 7) is 2.75. The van der Waals surface area contributed by atoms with Crippen molar-refractivity contribution in [2.24, 2.45) is 18.9 Å². The van der Waals surface area contributed by atoms with Crippen LogP contribution >= 0.6 is 0 Å². The quantitative estimate of drug-likeness (QED) is 0.719. The fourth-order valence-electron chi connectivity index (χ4n) is 5.19. The topological polar surface area (TPSA) is 41.4 Å². The van der Waals surface area contributed by atoms with E-state index in [4.69, 9.17) is 0 Å². The minimum atomic E-state index is -2.58. The maximum absolute atomic E-state index is 14.1. The van der Waals surface area contributed by atoms with Crippen molar-refractivity contribution in [1.29, 1.82) is 0 Å². The largest absolute Gasteiger partial charge is 0.341 e. The molecule has 1 saturated heterocycles. The van der Waals surface area contributed by atoms with Crippen LogP contribution in [0.25, 0.3) is 11.1 Å². The first-order valence-electron chi connectivity index (χ1n) is 10.8. The van der Waals surface area contributed by atoms with Crippen LogP contribution in [0.5, 0.6) is 0 Å². The molecular weight excluding hydrogens is 398 g/mol. The predicted molar refractivity (Wildman–Crippen MR) is 115 cm³/mol. The molecule has 1 unspecified atom stereocenters. The average Bonchev–Trinajstić information content (AvgIpc) is 3.29. The molecule has 1 amide bonds. The first-order valence-corrected chi connectivity index (χ1v) is 10.8. The van der Waals surface area contributed by atoms with E-state index in [1.165, 1.54) is 0 Å². The zero-order valence-corrected chi connectivity index (χ0v) is 18.0. The average molecular weight is 424 g/mol. The van der Waals surface area contributed by atoms with Crippen molar-refractivity contribution in [3.8, 4) is 11.1 Å². The molecule has 0 spiro atoms. The molecule has 2 atom stereocenters. The van der Waals surface area contributed by atoms with E-state index < -0.39 is 6.43 Å². The molecule has 1 aliphatic carbocycles. The van der Waals surface area contributed by atoms with E-state index in [9.17, 15) is 13.6 Å². The Morgan fingerprint density at radius 3 is 2.74 bits per heavy atom. The van der Waals surface area contributed by atoms with E-state index in [1.54, 1.807) is 35.1 Å². The second-order valence-electron chi connectivity index (χ2n) is 8.75. The number of alkyl halides is 2. The molecule has 5 nitrogen and oxygen atoms in total. The fraction of sp³-hybridized carbons (Fsp3) is 0.417. The number of amides is 1. The second kappa shape index (κ2) is 7.32. The summed E-state index contributed by atoms with van der Waals surface area (Å²) in [6.07, 6.45) is 7.65. The van der Waals surface area contributed by atoms with Crippen molar-refractivity contribution in [1.82, 2.24) is 14.7 Å². The van der Waals surface area contributed by atoms with Gasteiger partial charge in [-0.15, -0.1) is 0 Å². The Kier molecular flexibility index (Phi) is 4.72. The number of anilines is 1. The second-order valence-corrected chi connectivity index (χ2v) is 8.75. The van der Waals surface area contributed by atoms with Crippen LogP contribution in [-0.2, 0) is 18.3 Å². The SMILES string of the molecule is C[C@H]1C(=O)N(C)C2=CC(N3CCCc4cc(-c5cnn(C)c5)c(C(F)F)cc43)=CCC21. The molecule has 2 aromatic rings. The highest BCUT2D eigenvalue weighted by Crippen LogP contribution is 2.43. The first kappa shape index (κ1) is 20.0. The number of halogens is 2. The lowest BCUT2D eigenvalue weighted by Gasteiger charge is -2.35. The molecule has 3 aliphatic rings. The van der Waals surface area contributed by atoms with Crippen molar-refractivity contribution in [3.63, 3.8) is 0 Å². The van der Waals surface area contributed by atoms with E-state index >= 15 is 0 Å². The predicted octanol–water partition coefficient (Wildman–Crippen LogP) is 4.67. The van der Waals surface area contributed by atoms with Crippen LogP contribution in [0, 0.1) is 11.8 Å². The Balaban J connectivity index is 1.57. The maximum atomic E-state index is 14.1. The molecule has 0 radical (unpaired) electrons. The van der Waals surface area contributed by atoms with Crippen molar-refractivity contribution in [2.45, 2.75) is 32.6 Å². The summed E-state index contributed by atoms with van der Waals surface area (Å²) in [6, 6.07) is 3.56. The molecule has 5 rings (SSSR count). The van der Waals surface area contributed by atoms with Crippen LogP contribution in [-0.4, -0.2) is 34.2 Å². The molecular formula is C24H26F2N4O. The molecule has 3 heterocycles.